The SMILES string of the molecule is CC[C@]12CC(C(C)(O)C(C)(C)C)C(OC)[C@@H]3Oc4c(O)ccc5c4[C@@]31CCN(CC1CC1)[C@@H]2C5. The van der Waals surface area contributed by atoms with E-state index in [4.69, 9.17) is 9.47 Å². The Kier molecular flexibility index (Phi) is 4.85. The molecule has 34 heavy (non-hydrogen) atoms. The van der Waals surface area contributed by atoms with Crippen molar-refractivity contribution in [1.29, 1.82) is 0 Å². The molecule has 2 saturated carbocycles. The Labute approximate surface area is 204 Å². The molecule has 1 aromatic rings. The maximum Gasteiger partial charge on any atom is 0.165 e. The van der Waals surface area contributed by atoms with Gasteiger partial charge in [0.05, 0.1) is 5.60 Å². The summed E-state index contributed by atoms with van der Waals surface area (Å²) in [7, 11) is 1.78. The van der Waals surface area contributed by atoms with Gasteiger partial charge in [-0.3, -0.25) is 4.90 Å². The van der Waals surface area contributed by atoms with Crippen LogP contribution < -0.4 is 4.74 Å². The summed E-state index contributed by atoms with van der Waals surface area (Å²) >= 11 is 0. The molecule has 1 aromatic carbocycles. The van der Waals surface area contributed by atoms with Crippen molar-refractivity contribution in [2.75, 3.05) is 20.2 Å². The highest BCUT2D eigenvalue weighted by molar-refractivity contribution is 5.62. The highest BCUT2D eigenvalue weighted by Gasteiger charge is 2.75. The third-order valence-electron chi connectivity index (χ3n) is 11.2. The van der Waals surface area contributed by atoms with Crippen LogP contribution in [0.2, 0.25) is 0 Å². The minimum atomic E-state index is -0.923. The first kappa shape index (κ1) is 23.1. The van der Waals surface area contributed by atoms with E-state index in [-0.39, 0.29) is 40.1 Å². The highest BCUT2D eigenvalue weighted by atomic mass is 16.5. The zero-order valence-electron chi connectivity index (χ0n) is 21.9. The van der Waals surface area contributed by atoms with Gasteiger partial charge in [0.25, 0.3) is 0 Å². The van der Waals surface area contributed by atoms with Gasteiger partial charge in [-0.15, -0.1) is 0 Å². The molecule has 1 spiro atoms. The third-order valence-corrected chi connectivity index (χ3v) is 11.2. The van der Waals surface area contributed by atoms with E-state index in [9.17, 15) is 10.2 Å². The van der Waals surface area contributed by atoms with Crippen LogP contribution in [0.1, 0.15) is 77.8 Å². The van der Waals surface area contributed by atoms with Gasteiger partial charge in [-0.25, -0.2) is 0 Å². The van der Waals surface area contributed by atoms with E-state index >= 15 is 0 Å². The summed E-state index contributed by atoms with van der Waals surface area (Å²) in [4.78, 5) is 2.80. The molecule has 3 fully saturated rings. The molecule has 0 aromatic heterocycles. The molecule has 5 aliphatic rings. The van der Waals surface area contributed by atoms with Crippen molar-refractivity contribution < 1.29 is 19.7 Å². The summed E-state index contributed by atoms with van der Waals surface area (Å²) in [6.45, 7) is 13.1. The van der Waals surface area contributed by atoms with Crippen molar-refractivity contribution in [3.8, 4) is 11.5 Å². The second-order valence-corrected chi connectivity index (χ2v) is 13.3. The number of likely N-dealkylation sites (tertiary alicyclic amines) is 1. The lowest BCUT2D eigenvalue weighted by Gasteiger charge is -2.69. The molecule has 2 bridgehead atoms. The minimum absolute atomic E-state index is 0.0220. The van der Waals surface area contributed by atoms with Crippen LogP contribution in [0.5, 0.6) is 11.5 Å². The van der Waals surface area contributed by atoms with Crippen LogP contribution in [0.15, 0.2) is 12.1 Å². The number of hydrogen-bond acceptors (Lipinski definition) is 5. The number of aromatic hydroxyl groups is 1. The van der Waals surface area contributed by atoms with Gasteiger partial charge < -0.3 is 19.7 Å². The quantitative estimate of drug-likeness (QED) is 0.657. The average Bonchev–Trinajstić information content (AvgIpc) is 3.53. The van der Waals surface area contributed by atoms with Crippen molar-refractivity contribution >= 4 is 0 Å². The smallest absolute Gasteiger partial charge is 0.165 e. The summed E-state index contributed by atoms with van der Waals surface area (Å²) in [6.07, 6.45) is 6.29. The predicted molar refractivity (Wildman–Crippen MR) is 132 cm³/mol. The van der Waals surface area contributed by atoms with E-state index < -0.39 is 5.60 Å². The van der Waals surface area contributed by atoms with Gasteiger partial charge in [0, 0.05) is 36.6 Å². The molecule has 1 saturated heterocycles. The molecule has 5 heteroatoms. The summed E-state index contributed by atoms with van der Waals surface area (Å²) in [5, 5.41) is 23.0. The highest BCUT2D eigenvalue weighted by Crippen LogP contribution is 2.72. The second kappa shape index (κ2) is 7.14. The number of phenolic OH excluding ortho intramolecular Hbond substituents is 1. The molecule has 6 rings (SSSR count). The van der Waals surface area contributed by atoms with Crippen molar-refractivity contribution in [3.05, 3.63) is 23.3 Å². The van der Waals surface area contributed by atoms with Crippen LogP contribution in [0, 0.1) is 22.7 Å². The molecule has 3 unspecified atom stereocenters. The topological polar surface area (TPSA) is 62.2 Å². The third kappa shape index (κ3) is 2.67. The zero-order chi connectivity index (χ0) is 24.3. The van der Waals surface area contributed by atoms with E-state index in [1.165, 1.54) is 30.5 Å². The number of piperidine rings is 1. The first-order valence-corrected chi connectivity index (χ1v) is 13.5. The normalized spacial score (nSPS) is 40.4. The zero-order valence-corrected chi connectivity index (χ0v) is 21.9. The molecule has 5 nitrogen and oxygen atoms in total. The molecule has 3 aliphatic carbocycles. The Balaban J connectivity index is 1.58. The molecule has 188 valence electrons. The maximum atomic E-state index is 12.1. The number of hydrogen-bond donors (Lipinski definition) is 2. The fraction of sp³-hybridized carbons (Fsp3) is 0.793. The number of ether oxygens (including phenoxy) is 2. The van der Waals surface area contributed by atoms with Gasteiger partial charge in [0.2, 0.25) is 0 Å². The average molecular weight is 470 g/mol. The van der Waals surface area contributed by atoms with E-state index in [2.05, 4.69) is 38.7 Å². The molecule has 2 aliphatic heterocycles. The Bertz CT molecular complexity index is 995. The molecule has 2 heterocycles. The number of nitrogens with zero attached hydrogens (tertiary/aromatic N) is 1. The van der Waals surface area contributed by atoms with E-state index in [1.807, 2.05) is 13.0 Å². The van der Waals surface area contributed by atoms with Crippen LogP contribution in [-0.4, -0.2) is 59.2 Å². The Morgan fingerprint density at radius 3 is 2.56 bits per heavy atom. The molecular formula is C29H43NO4. The lowest BCUT2D eigenvalue weighted by atomic mass is 9.39. The van der Waals surface area contributed by atoms with Gasteiger partial charge in [-0.1, -0.05) is 33.8 Å². The van der Waals surface area contributed by atoms with Crippen LogP contribution in [0.25, 0.3) is 0 Å². The van der Waals surface area contributed by atoms with E-state index in [0.29, 0.717) is 11.8 Å². The van der Waals surface area contributed by atoms with Gasteiger partial charge in [0.15, 0.2) is 11.5 Å². The predicted octanol–water partition coefficient (Wildman–Crippen LogP) is 4.66. The van der Waals surface area contributed by atoms with Gasteiger partial charge in [0.1, 0.15) is 12.2 Å². The van der Waals surface area contributed by atoms with Crippen LogP contribution in [0.3, 0.4) is 0 Å². The van der Waals surface area contributed by atoms with Crippen molar-refractivity contribution in [2.45, 2.75) is 102 Å². The fourth-order valence-corrected chi connectivity index (χ4v) is 8.76. The largest absolute Gasteiger partial charge is 0.504 e. The monoisotopic (exact) mass is 469 g/mol. The molecule has 0 amide bonds. The molecule has 2 N–H and O–H groups in total. The summed E-state index contributed by atoms with van der Waals surface area (Å²) in [5.41, 5.74) is 1.18. The maximum absolute atomic E-state index is 12.1. The molecular weight excluding hydrogens is 426 g/mol. The number of aliphatic hydroxyl groups is 1. The van der Waals surface area contributed by atoms with E-state index in [0.717, 1.165) is 38.1 Å². The van der Waals surface area contributed by atoms with Crippen molar-refractivity contribution in [3.63, 3.8) is 0 Å². The van der Waals surface area contributed by atoms with Crippen LogP contribution in [-0.2, 0) is 16.6 Å². The first-order valence-electron chi connectivity index (χ1n) is 13.5. The fourth-order valence-electron chi connectivity index (χ4n) is 8.76. The summed E-state index contributed by atoms with van der Waals surface area (Å²) in [6, 6.07) is 4.40. The van der Waals surface area contributed by atoms with Gasteiger partial charge in [-0.05, 0) is 80.4 Å². The van der Waals surface area contributed by atoms with Crippen molar-refractivity contribution in [1.82, 2.24) is 4.90 Å². The second-order valence-electron chi connectivity index (χ2n) is 13.3. The van der Waals surface area contributed by atoms with Crippen LogP contribution >= 0.6 is 0 Å². The lowest BCUT2D eigenvalue weighted by Crippen LogP contribution is -2.76. The standard InChI is InChI=1S/C29H43NO4/c1-7-28-15-19(27(5,32)26(2,3)4)23(33-6)25-29(28)12-13-30(16-17-8-9-17)21(28)14-18-10-11-20(31)24(34-25)22(18)29/h10-11,17,19,21,23,25,31-32H,7-9,12-16H2,1-6H3/t19?,21-,23?,25+,27?,28-,29+/m1/s1. The van der Waals surface area contributed by atoms with Crippen LogP contribution in [0.4, 0.5) is 0 Å². The summed E-state index contributed by atoms with van der Waals surface area (Å²) in [5.74, 6) is 1.73. The lowest BCUT2D eigenvalue weighted by molar-refractivity contribution is -0.237. The number of methoxy groups -OCH3 is 1. The molecule has 0 radical (unpaired) electrons. The first-order chi connectivity index (χ1) is 16.0. The van der Waals surface area contributed by atoms with E-state index in [1.54, 1.807) is 7.11 Å². The number of phenols is 1. The number of benzene rings is 1. The Morgan fingerprint density at radius 2 is 1.94 bits per heavy atom. The number of rotatable bonds is 5. The molecule has 7 atom stereocenters. The van der Waals surface area contributed by atoms with Gasteiger partial charge in [-0.2, -0.15) is 0 Å². The Morgan fingerprint density at radius 1 is 1.21 bits per heavy atom. The van der Waals surface area contributed by atoms with Gasteiger partial charge >= 0.3 is 0 Å². The van der Waals surface area contributed by atoms with Crippen molar-refractivity contribution in [2.24, 2.45) is 22.7 Å². The minimum Gasteiger partial charge on any atom is -0.504 e. The Hall–Kier alpha value is -1.30. The summed E-state index contributed by atoms with van der Waals surface area (Å²) < 4.78 is 13.1.